The molecule has 0 aliphatic carbocycles. The minimum atomic E-state index is -0.376. The summed E-state index contributed by atoms with van der Waals surface area (Å²) in [6, 6.07) is 9.14. The zero-order valence-electron chi connectivity index (χ0n) is 12.9. The molecular weight excluding hydrogens is 419 g/mol. The van der Waals surface area contributed by atoms with E-state index in [2.05, 4.69) is 15.9 Å². The van der Waals surface area contributed by atoms with Crippen molar-refractivity contribution in [3.63, 3.8) is 0 Å². The molecule has 24 heavy (non-hydrogen) atoms. The van der Waals surface area contributed by atoms with Crippen LogP contribution in [0, 0.1) is 0 Å². The van der Waals surface area contributed by atoms with Crippen LogP contribution in [0.2, 0.25) is 10.0 Å². The molecule has 0 atom stereocenters. The molecule has 1 aliphatic heterocycles. The Morgan fingerprint density at radius 2 is 1.88 bits per heavy atom. The second kappa shape index (κ2) is 7.93. The van der Waals surface area contributed by atoms with Gasteiger partial charge in [-0.1, -0.05) is 29.3 Å². The van der Waals surface area contributed by atoms with Gasteiger partial charge < -0.3 is 18.9 Å². The molecule has 0 amide bonds. The highest BCUT2D eigenvalue weighted by Crippen LogP contribution is 2.40. The summed E-state index contributed by atoms with van der Waals surface area (Å²) in [6.07, 6.45) is -0.376. The number of halogens is 3. The van der Waals surface area contributed by atoms with Crippen molar-refractivity contribution in [2.24, 2.45) is 0 Å². The average Bonchev–Trinajstić information content (AvgIpc) is 3.10. The van der Waals surface area contributed by atoms with Gasteiger partial charge in [-0.05, 0) is 45.8 Å². The van der Waals surface area contributed by atoms with Crippen LogP contribution in [0.5, 0.6) is 11.5 Å². The van der Waals surface area contributed by atoms with Gasteiger partial charge in [0.25, 0.3) is 0 Å². The molecule has 0 bridgehead atoms. The lowest BCUT2D eigenvalue weighted by Gasteiger charge is -2.16. The number of hydrogen-bond donors (Lipinski definition) is 0. The lowest BCUT2D eigenvalue weighted by Crippen LogP contribution is -2.02. The first kappa shape index (κ1) is 17.8. The van der Waals surface area contributed by atoms with Crippen molar-refractivity contribution in [3.8, 4) is 11.5 Å². The van der Waals surface area contributed by atoms with Gasteiger partial charge in [0.1, 0.15) is 6.61 Å². The molecule has 4 nitrogen and oxygen atoms in total. The van der Waals surface area contributed by atoms with Gasteiger partial charge in [0, 0.05) is 5.56 Å². The van der Waals surface area contributed by atoms with Crippen LogP contribution in [0.1, 0.15) is 17.4 Å². The summed E-state index contributed by atoms with van der Waals surface area (Å²) < 4.78 is 23.1. The monoisotopic (exact) mass is 432 g/mol. The Labute approximate surface area is 158 Å². The third kappa shape index (κ3) is 3.98. The highest BCUT2D eigenvalue weighted by molar-refractivity contribution is 9.10. The maximum atomic E-state index is 6.03. The van der Waals surface area contributed by atoms with Gasteiger partial charge in [-0.2, -0.15) is 0 Å². The van der Waals surface area contributed by atoms with Crippen LogP contribution >= 0.6 is 39.1 Å². The summed E-state index contributed by atoms with van der Waals surface area (Å²) >= 11 is 15.5. The Morgan fingerprint density at radius 3 is 2.54 bits per heavy atom. The third-order valence-electron chi connectivity index (χ3n) is 3.51. The largest absolute Gasteiger partial charge is 0.493 e. The van der Waals surface area contributed by atoms with Crippen molar-refractivity contribution < 1.29 is 18.9 Å². The zero-order chi connectivity index (χ0) is 17.1. The summed E-state index contributed by atoms with van der Waals surface area (Å²) in [5, 5.41) is 1.01. The SMILES string of the molecule is COc1cc(C2OCCO2)cc(Br)c1OCc1ccc(Cl)c(Cl)c1. The van der Waals surface area contributed by atoms with Gasteiger partial charge in [-0.25, -0.2) is 0 Å². The molecule has 128 valence electrons. The van der Waals surface area contributed by atoms with Crippen LogP contribution in [0.3, 0.4) is 0 Å². The van der Waals surface area contributed by atoms with Crippen LogP contribution in [-0.2, 0) is 16.1 Å². The van der Waals surface area contributed by atoms with E-state index in [-0.39, 0.29) is 6.29 Å². The van der Waals surface area contributed by atoms with Crippen molar-refractivity contribution in [1.29, 1.82) is 0 Å². The molecule has 0 N–H and O–H groups in total. The normalized spacial score (nSPS) is 14.8. The molecule has 1 saturated heterocycles. The minimum Gasteiger partial charge on any atom is -0.493 e. The van der Waals surface area contributed by atoms with E-state index in [1.54, 1.807) is 19.2 Å². The van der Waals surface area contributed by atoms with Crippen molar-refractivity contribution >= 4 is 39.1 Å². The third-order valence-corrected chi connectivity index (χ3v) is 4.84. The Hall–Kier alpha value is -0.980. The van der Waals surface area contributed by atoms with Gasteiger partial charge in [0.05, 0.1) is 34.8 Å². The Morgan fingerprint density at radius 1 is 1.12 bits per heavy atom. The fourth-order valence-corrected chi connectivity index (χ4v) is 3.25. The van der Waals surface area contributed by atoms with Crippen molar-refractivity contribution in [3.05, 3.63) is 56.0 Å². The van der Waals surface area contributed by atoms with Crippen LogP contribution in [-0.4, -0.2) is 20.3 Å². The smallest absolute Gasteiger partial charge is 0.184 e. The molecule has 0 spiro atoms. The van der Waals surface area contributed by atoms with Gasteiger partial charge >= 0.3 is 0 Å². The van der Waals surface area contributed by atoms with Crippen LogP contribution in [0.15, 0.2) is 34.8 Å². The molecule has 0 saturated carbocycles. The standard InChI is InChI=1S/C17H15BrCl2O4/c1-21-15-8-11(17-22-4-5-23-17)7-12(18)16(15)24-9-10-2-3-13(19)14(20)6-10/h2-3,6-8,17H,4-5,9H2,1H3. The van der Waals surface area contributed by atoms with Crippen molar-refractivity contribution in [2.75, 3.05) is 20.3 Å². The van der Waals surface area contributed by atoms with Gasteiger partial charge in [0.15, 0.2) is 17.8 Å². The fourth-order valence-electron chi connectivity index (χ4n) is 2.35. The lowest BCUT2D eigenvalue weighted by atomic mass is 10.2. The number of methoxy groups -OCH3 is 1. The maximum Gasteiger partial charge on any atom is 0.184 e. The first-order chi connectivity index (χ1) is 11.6. The van der Waals surface area contributed by atoms with Crippen molar-refractivity contribution in [2.45, 2.75) is 12.9 Å². The van der Waals surface area contributed by atoms with Gasteiger partial charge in [-0.3, -0.25) is 0 Å². The van der Waals surface area contributed by atoms with E-state index < -0.39 is 0 Å². The molecule has 3 rings (SSSR count). The summed E-state index contributed by atoms with van der Waals surface area (Å²) in [5.41, 5.74) is 1.78. The van der Waals surface area contributed by atoms with Crippen LogP contribution < -0.4 is 9.47 Å². The molecule has 0 radical (unpaired) electrons. The minimum absolute atomic E-state index is 0.335. The second-order valence-electron chi connectivity index (χ2n) is 5.14. The summed E-state index contributed by atoms with van der Waals surface area (Å²) in [7, 11) is 1.59. The van der Waals surface area contributed by atoms with Crippen LogP contribution in [0.25, 0.3) is 0 Å². The Kier molecular flexibility index (Phi) is 5.89. The number of rotatable bonds is 5. The first-order valence-corrected chi connectivity index (χ1v) is 8.80. The number of hydrogen-bond acceptors (Lipinski definition) is 4. The van der Waals surface area contributed by atoms with Gasteiger partial charge in [-0.15, -0.1) is 0 Å². The molecule has 0 aromatic heterocycles. The van der Waals surface area contributed by atoms with E-state index in [0.717, 1.165) is 15.6 Å². The van der Waals surface area contributed by atoms with Crippen molar-refractivity contribution in [1.82, 2.24) is 0 Å². The molecule has 2 aromatic rings. The molecule has 1 aliphatic rings. The van der Waals surface area contributed by atoms with Gasteiger partial charge in [0.2, 0.25) is 0 Å². The number of benzene rings is 2. The second-order valence-corrected chi connectivity index (χ2v) is 6.81. The van der Waals surface area contributed by atoms with E-state index in [4.69, 9.17) is 42.1 Å². The predicted molar refractivity (Wildman–Crippen MR) is 96.1 cm³/mol. The Bertz CT molecular complexity index is 733. The highest BCUT2D eigenvalue weighted by Gasteiger charge is 2.22. The molecule has 1 fully saturated rings. The topological polar surface area (TPSA) is 36.9 Å². The van der Waals surface area contributed by atoms with E-state index >= 15 is 0 Å². The van der Waals surface area contributed by atoms with E-state index in [0.29, 0.717) is 41.4 Å². The Balaban J connectivity index is 1.80. The number of ether oxygens (including phenoxy) is 4. The molecule has 7 heteroatoms. The zero-order valence-corrected chi connectivity index (χ0v) is 16.0. The summed E-state index contributed by atoms with van der Waals surface area (Å²) in [4.78, 5) is 0. The van der Waals surface area contributed by atoms with E-state index in [9.17, 15) is 0 Å². The summed E-state index contributed by atoms with van der Waals surface area (Å²) in [5.74, 6) is 1.20. The molecule has 2 aromatic carbocycles. The molecule has 0 unspecified atom stereocenters. The highest BCUT2D eigenvalue weighted by atomic mass is 79.9. The van der Waals surface area contributed by atoms with E-state index in [1.165, 1.54) is 0 Å². The molecular formula is C17H15BrCl2O4. The average molecular weight is 434 g/mol. The lowest BCUT2D eigenvalue weighted by molar-refractivity contribution is -0.0443. The quantitative estimate of drug-likeness (QED) is 0.633. The predicted octanol–water partition coefficient (Wildman–Crippen LogP) is 5.39. The molecule has 1 heterocycles. The van der Waals surface area contributed by atoms with E-state index in [1.807, 2.05) is 18.2 Å². The first-order valence-electron chi connectivity index (χ1n) is 7.26. The summed E-state index contributed by atoms with van der Waals surface area (Å²) in [6.45, 7) is 1.50. The fraction of sp³-hybridized carbons (Fsp3) is 0.294. The maximum absolute atomic E-state index is 6.03. The van der Waals surface area contributed by atoms with Crippen LogP contribution in [0.4, 0.5) is 0 Å².